The van der Waals surface area contributed by atoms with E-state index in [1.165, 1.54) is 0 Å². The van der Waals surface area contributed by atoms with Crippen LogP contribution in [0.1, 0.15) is 5.56 Å². The van der Waals surface area contributed by atoms with Crippen LogP contribution in [0.2, 0.25) is 5.02 Å². The van der Waals surface area contributed by atoms with Crippen molar-refractivity contribution in [3.05, 3.63) is 28.8 Å². The molecule has 6 heteroatoms. The van der Waals surface area contributed by atoms with Gasteiger partial charge in [-0.1, -0.05) is 23.2 Å². The van der Waals surface area contributed by atoms with Crippen LogP contribution in [0.3, 0.4) is 0 Å². The Labute approximate surface area is 96.5 Å². The molecule has 1 aromatic heterocycles. The molecule has 3 nitrogen and oxygen atoms in total. The molecule has 80 valence electrons. The molecule has 0 atom stereocenters. The van der Waals surface area contributed by atoms with Crippen LogP contribution < -0.4 is 5.14 Å². The highest BCUT2D eigenvalue weighted by molar-refractivity contribution is 7.91. The second kappa shape index (κ2) is 3.45. The predicted molar refractivity (Wildman–Crippen MR) is 62.9 cm³/mol. The van der Waals surface area contributed by atoms with Crippen molar-refractivity contribution < 1.29 is 8.42 Å². The molecule has 0 aliphatic heterocycles. The number of thiophene rings is 1. The third-order valence-corrected chi connectivity index (χ3v) is 5.26. The summed E-state index contributed by atoms with van der Waals surface area (Å²) in [5.74, 6) is 0. The third-order valence-electron chi connectivity index (χ3n) is 2.01. The lowest BCUT2D eigenvalue weighted by Gasteiger charge is -1.93. The Morgan fingerprint density at radius 3 is 2.67 bits per heavy atom. The average Bonchev–Trinajstić information content (AvgIpc) is 2.43. The van der Waals surface area contributed by atoms with Gasteiger partial charge in [-0.2, -0.15) is 0 Å². The molecule has 2 aromatic rings. The molecule has 0 amide bonds. The molecule has 0 bridgehead atoms. The molecule has 0 aliphatic rings. The molecule has 0 spiro atoms. The largest absolute Gasteiger partial charge is 0.249 e. The maximum Gasteiger partial charge on any atom is 0.249 e. The molecule has 0 aliphatic carbocycles. The van der Waals surface area contributed by atoms with Crippen LogP contribution >= 0.6 is 22.9 Å². The van der Waals surface area contributed by atoms with Gasteiger partial charge in [0.2, 0.25) is 10.0 Å². The summed E-state index contributed by atoms with van der Waals surface area (Å²) in [6.07, 6.45) is 0. The van der Waals surface area contributed by atoms with Gasteiger partial charge in [0.05, 0.1) is 5.02 Å². The second-order valence-electron chi connectivity index (χ2n) is 3.25. The number of halogens is 1. The zero-order valence-electron chi connectivity index (χ0n) is 7.82. The highest BCUT2D eigenvalue weighted by Gasteiger charge is 2.19. The third kappa shape index (κ3) is 1.88. The van der Waals surface area contributed by atoms with E-state index in [1.807, 2.05) is 25.1 Å². The van der Waals surface area contributed by atoms with Gasteiger partial charge in [-0.25, -0.2) is 13.6 Å². The molecular weight excluding hydrogens is 254 g/mol. The van der Waals surface area contributed by atoms with Gasteiger partial charge in [-0.05, 0) is 19.1 Å². The van der Waals surface area contributed by atoms with Crippen molar-refractivity contribution in [2.75, 3.05) is 0 Å². The van der Waals surface area contributed by atoms with Gasteiger partial charge in [-0.3, -0.25) is 0 Å². The molecule has 0 unspecified atom stereocenters. The van der Waals surface area contributed by atoms with Gasteiger partial charge >= 0.3 is 0 Å². The summed E-state index contributed by atoms with van der Waals surface area (Å²) in [5.41, 5.74) is 1.03. The average molecular weight is 262 g/mol. The maximum absolute atomic E-state index is 11.2. The van der Waals surface area contributed by atoms with Crippen LogP contribution in [0.4, 0.5) is 0 Å². The number of hydrogen-bond donors (Lipinski definition) is 1. The summed E-state index contributed by atoms with van der Waals surface area (Å²) in [6.45, 7) is 1.92. The lowest BCUT2D eigenvalue weighted by atomic mass is 10.2. The van der Waals surface area contributed by atoms with Crippen molar-refractivity contribution in [2.24, 2.45) is 5.14 Å². The molecule has 0 radical (unpaired) electrons. The first-order chi connectivity index (χ1) is 6.89. The van der Waals surface area contributed by atoms with E-state index in [1.54, 1.807) is 0 Å². The number of sulfonamides is 1. The van der Waals surface area contributed by atoms with E-state index in [0.29, 0.717) is 0 Å². The Hall–Kier alpha value is -0.620. The molecule has 0 saturated heterocycles. The van der Waals surface area contributed by atoms with E-state index in [4.69, 9.17) is 16.7 Å². The van der Waals surface area contributed by atoms with Gasteiger partial charge < -0.3 is 0 Å². The Morgan fingerprint density at radius 1 is 1.40 bits per heavy atom. The highest BCUT2D eigenvalue weighted by Crippen LogP contribution is 2.37. The second-order valence-corrected chi connectivity index (χ2v) is 6.43. The van der Waals surface area contributed by atoms with Crippen molar-refractivity contribution in [3.8, 4) is 0 Å². The Kier molecular flexibility index (Phi) is 2.50. The van der Waals surface area contributed by atoms with Gasteiger partial charge in [-0.15, -0.1) is 11.3 Å². The van der Waals surface area contributed by atoms with Crippen molar-refractivity contribution in [2.45, 2.75) is 11.1 Å². The molecule has 2 N–H and O–H groups in total. The molecule has 0 fully saturated rings. The monoisotopic (exact) mass is 261 g/mol. The van der Waals surface area contributed by atoms with Crippen LogP contribution in [-0.2, 0) is 10.0 Å². The fourth-order valence-electron chi connectivity index (χ4n) is 1.34. The first-order valence-electron chi connectivity index (χ1n) is 4.11. The van der Waals surface area contributed by atoms with Gasteiger partial charge in [0.1, 0.15) is 0 Å². The van der Waals surface area contributed by atoms with Crippen LogP contribution in [0, 0.1) is 6.92 Å². The molecule has 1 heterocycles. The number of rotatable bonds is 1. The van der Waals surface area contributed by atoms with Gasteiger partial charge in [0, 0.05) is 10.1 Å². The number of benzene rings is 1. The number of nitrogens with two attached hydrogens (primary N) is 1. The Bertz CT molecular complexity index is 631. The normalized spacial score (nSPS) is 12.2. The molecule has 1 aromatic carbocycles. The zero-order chi connectivity index (χ0) is 11.2. The van der Waals surface area contributed by atoms with Crippen LogP contribution in [-0.4, -0.2) is 8.42 Å². The quantitative estimate of drug-likeness (QED) is 0.857. The Morgan fingerprint density at radius 2 is 2.07 bits per heavy atom. The summed E-state index contributed by atoms with van der Waals surface area (Å²) >= 11 is 7.06. The van der Waals surface area contributed by atoms with E-state index in [2.05, 4.69) is 0 Å². The van der Waals surface area contributed by atoms with Crippen LogP contribution in [0.15, 0.2) is 22.4 Å². The summed E-state index contributed by atoms with van der Waals surface area (Å²) in [6, 6.07) is 5.60. The van der Waals surface area contributed by atoms with Gasteiger partial charge in [0.15, 0.2) is 4.21 Å². The van der Waals surface area contributed by atoms with Crippen molar-refractivity contribution in [3.63, 3.8) is 0 Å². The van der Waals surface area contributed by atoms with E-state index >= 15 is 0 Å². The first kappa shape index (κ1) is 10.9. The maximum atomic E-state index is 11.2. The smallest absolute Gasteiger partial charge is 0.224 e. The minimum atomic E-state index is -3.72. The number of aryl methyl sites for hydroxylation is 1. The van der Waals surface area contributed by atoms with E-state index < -0.39 is 10.0 Å². The summed E-state index contributed by atoms with van der Waals surface area (Å²) in [5, 5.41) is 6.02. The minimum Gasteiger partial charge on any atom is -0.224 e. The zero-order valence-corrected chi connectivity index (χ0v) is 10.2. The van der Waals surface area contributed by atoms with E-state index in [0.717, 1.165) is 27.0 Å². The number of fused-ring (bicyclic) bond motifs is 1. The fourth-order valence-corrected chi connectivity index (χ4v) is 3.89. The van der Waals surface area contributed by atoms with Gasteiger partial charge in [0.25, 0.3) is 0 Å². The molecule has 15 heavy (non-hydrogen) atoms. The molecule has 2 rings (SSSR count). The summed E-state index contributed by atoms with van der Waals surface area (Å²) < 4.78 is 23.3. The SMILES string of the molecule is Cc1ccc2sc(S(N)(=O)=O)c(Cl)c2c1. The standard InChI is InChI=1S/C9H8ClNO2S2/c1-5-2-3-7-6(4-5)8(10)9(14-7)15(11,12)13/h2-4H,1H3,(H2,11,12,13). The highest BCUT2D eigenvalue weighted by atomic mass is 35.5. The lowest BCUT2D eigenvalue weighted by Crippen LogP contribution is -2.10. The predicted octanol–water partition coefficient (Wildman–Crippen LogP) is 2.51. The molecule has 0 saturated carbocycles. The summed E-state index contributed by atoms with van der Waals surface area (Å²) in [7, 11) is -3.72. The fraction of sp³-hybridized carbons (Fsp3) is 0.111. The first-order valence-corrected chi connectivity index (χ1v) is 6.85. The van der Waals surface area contributed by atoms with Crippen molar-refractivity contribution in [1.82, 2.24) is 0 Å². The number of primary sulfonamides is 1. The van der Waals surface area contributed by atoms with Crippen molar-refractivity contribution in [1.29, 1.82) is 0 Å². The van der Waals surface area contributed by atoms with Crippen molar-refractivity contribution >= 4 is 43.0 Å². The number of hydrogen-bond acceptors (Lipinski definition) is 3. The summed E-state index contributed by atoms with van der Waals surface area (Å²) in [4.78, 5) is 0. The van der Waals surface area contributed by atoms with Crippen LogP contribution in [0.25, 0.3) is 10.1 Å². The van der Waals surface area contributed by atoms with Crippen LogP contribution in [0.5, 0.6) is 0 Å². The van der Waals surface area contributed by atoms with E-state index in [9.17, 15) is 8.42 Å². The Balaban J connectivity index is 2.87. The lowest BCUT2D eigenvalue weighted by molar-refractivity contribution is 0.600. The van der Waals surface area contributed by atoms with E-state index in [-0.39, 0.29) is 9.23 Å². The minimum absolute atomic E-state index is 0.0322. The molecular formula is C9H8ClNO2S2. The topological polar surface area (TPSA) is 60.2 Å².